The lowest BCUT2D eigenvalue weighted by molar-refractivity contribution is -0.161. The lowest BCUT2D eigenvalue weighted by Crippen LogP contribution is -2.30. The maximum Gasteiger partial charge on any atom is 0.472 e. The van der Waals surface area contributed by atoms with Gasteiger partial charge in [-0.15, -0.1) is 0 Å². The topological polar surface area (TPSA) is 231 Å². The van der Waals surface area contributed by atoms with Crippen LogP contribution in [0, 0.1) is 0 Å². The number of unbranched alkanes of at least 4 members (excludes halogenated alkanes) is 30. The van der Waals surface area contributed by atoms with Crippen molar-refractivity contribution >= 4 is 33.6 Å². The van der Waals surface area contributed by atoms with Crippen LogP contribution < -0.4 is 0 Å². The highest BCUT2D eigenvalue weighted by molar-refractivity contribution is 7.47. The molecule has 16 nitrogen and oxygen atoms in total. The normalized spacial score (nSPS) is 14.7. The van der Waals surface area contributed by atoms with Crippen molar-refractivity contribution in [3.63, 3.8) is 0 Å². The fourth-order valence-corrected chi connectivity index (χ4v) is 11.3. The van der Waals surface area contributed by atoms with Crippen LogP contribution in [0.2, 0.25) is 0 Å². The molecule has 0 aliphatic carbocycles. The van der Waals surface area contributed by atoms with Crippen LogP contribution in [0.5, 0.6) is 0 Å². The summed E-state index contributed by atoms with van der Waals surface area (Å²) in [7, 11) is -9.77. The molecule has 0 radical (unpaired) electrons. The number of esters is 3. The van der Waals surface area contributed by atoms with Gasteiger partial charge in [0, 0.05) is 19.3 Å². The first-order valence-electron chi connectivity index (χ1n) is 36.5. The zero-order valence-electron chi connectivity index (χ0n) is 58.4. The Morgan fingerprint density at radius 3 is 0.925 bits per heavy atom. The van der Waals surface area contributed by atoms with Crippen molar-refractivity contribution in [3.05, 3.63) is 97.2 Å². The van der Waals surface area contributed by atoms with Crippen molar-refractivity contribution in [1.82, 2.24) is 0 Å². The number of allylic oxidation sites excluding steroid dienone is 16. The molecule has 0 fully saturated rings. The number of rotatable bonds is 69. The fourth-order valence-electron chi connectivity index (χ4n) is 9.72. The summed E-state index contributed by atoms with van der Waals surface area (Å²) in [6, 6.07) is 0. The lowest BCUT2D eigenvalue weighted by Gasteiger charge is -2.21. The number of hydrogen-bond donors (Lipinski definition) is 4. The Labute approximate surface area is 565 Å². The van der Waals surface area contributed by atoms with Crippen molar-refractivity contribution in [1.29, 1.82) is 0 Å². The molecule has 0 saturated heterocycles. The van der Waals surface area contributed by atoms with Gasteiger partial charge in [0.2, 0.25) is 0 Å². The first-order chi connectivity index (χ1) is 45.2. The molecule has 0 aromatic heterocycles. The third kappa shape index (κ3) is 69.6. The predicted molar refractivity (Wildman–Crippen MR) is 381 cm³/mol. The molecule has 5 atom stereocenters. The summed E-state index contributed by atoms with van der Waals surface area (Å²) in [5.74, 6) is -1.58. The Balaban J connectivity index is 4.46. The predicted octanol–water partition coefficient (Wildman–Crippen LogP) is 20.6. The van der Waals surface area contributed by atoms with E-state index >= 15 is 0 Å². The molecule has 0 saturated carbocycles. The minimum Gasteiger partial charge on any atom is -0.463 e. The van der Waals surface area contributed by atoms with Crippen LogP contribution in [-0.4, -0.2) is 95.9 Å². The Hall–Kier alpha value is -3.53. The highest BCUT2D eigenvalue weighted by atomic mass is 31.2. The Morgan fingerprint density at radius 1 is 0.312 bits per heavy atom. The number of aliphatic hydroxyl groups is 2. The molecular weight excluding hydrogens is 1220 g/mol. The number of hydrogen-bond acceptors (Lipinski definition) is 14. The summed E-state index contributed by atoms with van der Waals surface area (Å²) >= 11 is 0. The molecule has 4 N–H and O–H groups in total. The molecule has 0 aliphatic rings. The lowest BCUT2D eigenvalue weighted by atomic mass is 10.0. The average Bonchev–Trinajstić information content (AvgIpc) is 2.91. The van der Waals surface area contributed by atoms with Gasteiger partial charge in [0.25, 0.3) is 0 Å². The van der Waals surface area contributed by atoms with Gasteiger partial charge in [-0.05, 0) is 103 Å². The zero-order valence-corrected chi connectivity index (χ0v) is 60.2. The van der Waals surface area contributed by atoms with Gasteiger partial charge in [0.1, 0.15) is 25.4 Å². The zero-order chi connectivity index (χ0) is 68.1. The standard InChI is InChI=1S/C75H132O16P2/c1-4-7-10-13-16-19-22-25-27-28-29-30-31-32-33-34-35-36-37-38-39-40-42-45-46-49-52-55-58-61-73(78)85-64-70(76)65-87-92(81,82)88-66-71(77)67-89-93(83,84)90-69-72(91-75(80)63-60-57-54-51-48-43-24-21-18-15-12-9-6-3)68-86-74(79)62-59-56-53-50-47-44-41-26-23-20-17-14-11-8-5-2/h7,10,16-17,19-20,25-27,29-30,32-33,35-36,41,70-72,76-77H,4-6,8-9,11-15,18,21-24,28,31,34,37-40,42-69H2,1-3H3,(H,81,82)(H,83,84)/b10-7-,19-16-,20-17-,27-25-,30-29-,33-32-,36-35-,41-26-. The number of phosphoric ester groups is 2. The van der Waals surface area contributed by atoms with E-state index in [1.807, 2.05) is 0 Å². The molecule has 0 bridgehead atoms. The second-order valence-corrected chi connectivity index (χ2v) is 27.3. The van der Waals surface area contributed by atoms with Crippen LogP contribution in [0.1, 0.15) is 303 Å². The van der Waals surface area contributed by atoms with Crippen molar-refractivity contribution < 1.29 is 75.8 Å². The first kappa shape index (κ1) is 89.5. The molecule has 0 amide bonds. The number of ether oxygens (including phenoxy) is 3. The molecule has 0 aromatic rings. The number of carbonyl (C=O) groups excluding carboxylic acids is 3. The molecule has 0 aromatic carbocycles. The number of carbonyl (C=O) groups is 3. The van der Waals surface area contributed by atoms with Crippen molar-refractivity contribution in [2.75, 3.05) is 39.6 Å². The maximum absolute atomic E-state index is 12.9. The highest BCUT2D eigenvalue weighted by Gasteiger charge is 2.29. The van der Waals surface area contributed by atoms with Crippen LogP contribution in [-0.2, 0) is 55.8 Å². The molecule has 0 rings (SSSR count). The smallest absolute Gasteiger partial charge is 0.463 e. The van der Waals surface area contributed by atoms with Gasteiger partial charge in [-0.3, -0.25) is 32.5 Å². The van der Waals surface area contributed by atoms with Crippen molar-refractivity contribution in [2.24, 2.45) is 0 Å². The third-order valence-corrected chi connectivity index (χ3v) is 17.2. The van der Waals surface area contributed by atoms with Gasteiger partial charge in [0.05, 0.1) is 26.4 Å². The minimum absolute atomic E-state index is 0.105. The molecular formula is C75H132O16P2. The van der Waals surface area contributed by atoms with Crippen LogP contribution in [0.3, 0.4) is 0 Å². The quantitative estimate of drug-likeness (QED) is 0.0146. The van der Waals surface area contributed by atoms with E-state index in [-0.39, 0.29) is 19.3 Å². The van der Waals surface area contributed by atoms with E-state index in [1.165, 1.54) is 103 Å². The molecule has 0 aliphatic heterocycles. The third-order valence-electron chi connectivity index (χ3n) is 15.3. The Morgan fingerprint density at radius 2 is 0.570 bits per heavy atom. The summed E-state index contributed by atoms with van der Waals surface area (Å²) in [4.78, 5) is 58.4. The van der Waals surface area contributed by atoms with Crippen LogP contribution in [0.15, 0.2) is 97.2 Å². The monoisotopic (exact) mass is 1350 g/mol. The van der Waals surface area contributed by atoms with E-state index in [0.29, 0.717) is 19.3 Å². The van der Waals surface area contributed by atoms with Crippen LogP contribution in [0.25, 0.3) is 0 Å². The average molecular weight is 1350 g/mol. The molecule has 538 valence electrons. The SMILES string of the molecule is CC/C=C\C/C=C\C/C=C\C/C=C\C/C=C\C/C=C\CCCCCCCCCCCCC(=O)OCC(O)COP(=O)(O)OCC(O)COP(=O)(O)OCC(COC(=O)CCCCCCC/C=C\C/C=C\CCCCC)OC(=O)CCCCCCCCCCCCCCC. The molecule has 0 heterocycles. The largest absolute Gasteiger partial charge is 0.472 e. The molecule has 0 spiro atoms. The first-order valence-corrected chi connectivity index (χ1v) is 39.5. The van der Waals surface area contributed by atoms with Gasteiger partial charge in [0.15, 0.2) is 6.10 Å². The van der Waals surface area contributed by atoms with Crippen molar-refractivity contribution in [2.45, 2.75) is 322 Å². The minimum atomic E-state index is -4.92. The van der Waals surface area contributed by atoms with Gasteiger partial charge in [-0.2, -0.15) is 0 Å². The maximum atomic E-state index is 12.9. The summed E-state index contributed by atoms with van der Waals surface area (Å²) in [6.07, 6.45) is 76.0. The molecule has 93 heavy (non-hydrogen) atoms. The van der Waals surface area contributed by atoms with E-state index in [2.05, 4.69) is 118 Å². The van der Waals surface area contributed by atoms with Gasteiger partial charge in [-0.25, -0.2) is 9.13 Å². The second-order valence-electron chi connectivity index (χ2n) is 24.4. The van der Waals surface area contributed by atoms with Crippen molar-refractivity contribution in [3.8, 4) is 0 Å². The summed E-state index contributed by atoms with van der Waals surface area (Å²) in [5, 5.41) is 20.6. The van der Waals surface area contributed by atoms with Gasteiger partial charge >= 0.3 is 33.6 Å². The van der Waals surface area contributed by atoms with E-state index in [1.54, 1.807) is 0 Å². The number of phosphoric acid groups is 2. The van der Waals surface area contributed by atoms with Crippen LogP contribution >= 0.6 is 15.6 Å². The fraction of sp³-hybridized carbons (Fsp3) is 0.747. The van der Waals surface area contributed by atoms with E-state index in [9.17, 15) is 43.5 Å². The number of aliphatic hydroxyl groups excluding tert-OH is 2. The highest BCUT2D eigenvalue weighted by Crippen LogP contribution is 2.45. The summed E-state index contributed by atoms with van der Waals surface area (Å²) < 4.78 is 60.9. The Bertz CT molecular complexity index is 2080. The Kier molecular flexibility index (Phi) is 65.8. The second kappa shape index (κ2) is 68.4. The van der Waals surface area contributed by atoms with E-state index in [0.717, 1.165) is 141 Å². The summed E-state index contributed by atoms with van der Waals surface area (Å²) in [5.41, 5.74) is 0. The van der Waals surface area contributed by atoms with Gasteiger partial charge < -0.3 is 34.2 Å². The molecule has 5 unspecified atom stereocenters. The van der Waals surface area contributed by atoms with E-state index in [4.69, 9.17) is 32.3 Å². The van der Waals surface area contributed by atoms with E-state index < -0.39 is 91.5 Å². The summed E-state index contributed by atoms with van der Waals surface area (Å²) in [6.45, 7) is 2.53. The van der Waals surface area contributed by atoms with Crippen LogP contribution in [0.4, 0.5) is 0 Å². The van der Waals surface area contributed by atoms with Gasteiger partial charge in [-0.1, -0.05) is 279 Å². The molecule has 18 heteroatoms.